The molecule has 0 aliphatic heterocycles. The Morgan fingerprint density at radius 3 is 1.51 bits per heavy atom. The maximum Gasteiger partial charge on any atom is 0.419 e. The Balaban J connectivity index is 0. The molecule has 0 spiro atoms. The highest BCUT2D eigenvalue weighted by Gasteiger charge is 2.21. The second-order valence-electron chi connectivity index (χ2n) is 9.56. The predicted octanol–water partition coefficient (Wildman–Crippen LogP) is 8.92. The molecule has 2 N–H and O–H groups in total. The molecule has 0 radical (unpaired) electrons. The minimum atomic E-state index is -1.22. The van der Waals surface area contributed by atoms with Crippen LogP contribution in [0.4, 0.5) is 14.4 Å². The first-order valence-corrected chi connectivity index (χ1v) is 15.0. The monoisotopic (exact) mass is 530 g/mol. The molecule has 0 aromatic heterocycles. The van der Waals surface area contributed by atoms with E-state index in [1.165, 1.54) is 51.4 Å². The molecule has 220 valence electrons. The summed E-state index contributed by atoms with van der Waals surface area (Å²) < 4.78 is 10.1. The molecule has 0 aromatic carbocycles. The lowest BCUT2D eigenvalue weighted by Crippen LogP contribution is -2.37. The van der Waals surface area contributed by atoms with Crippen molar-refractivity contribution >= 4 is 18.3 Å². The average Bonchev–Trinajstić information content (AvgIpc) is 2.88. The zero-order chi connectivity index (χ0) is 28.0. The van der Waals surface area contributed by atoms with Crippen LogP contribution in [0, 0.1) is 0 Å². The molecule has 0 aliphatic carbocycles. The molecule has 37 heavy (non-hydrogen) atoms. The highest BCUT2D eigenvalue weighted by molar-refractivity contribution is 5.86. The lowest BCUT2D eigenvalue weighted by Gasteiger charge is -2.16. The summed E-state index contributed by atoms with van der Waals surface area (Å²) in [4.78, 5) is 34.7. The number of nitrogens with one attached hydrogen (secondary N) is 1. The maximum atomic E-state index is 11.7. The summed E-state index contributed by atoms with van der Waals surface area (Å²) in [5.41, 5.74) is 0. The Hall–Kier alpha value is -1.99. The molecule has 0 unspecified atom stereocenters. The minimum Gasteiger partial charge on any atom is -0.465 e. The van der Waals surface area contributed by atoms with Crippen LogP contribution in [0.3, 0.4) is 0 Å². The van der Waals surface area contributed by atoms with Gasteiger partial charge in [-0.25, -0.2) is 19.3 Å². The SMILES string of the molecule is CCCCCCCOC(=O)N(CCCCCC)C(=O)O.CCCCCCCOC(=O)NCCCCCC. The second kappa shape index (κ2) is 30.2. The summed E-state index contributed by atoms with van der Waals surface area (Å²) in [5, 5.41) is 11.8. The first-order chi connectivity index (χ1) is 17.9. The van der Waals surface area contributed by atoms with E-state index < -0.39 is 12.2 Å². The highest BCUT2D eigenvalue weighted by Crippen LogP contribution is 2.06. The predicted molar refractivity (Wildman–Crippen MR) is 151 cm³/mol. The van der Waals surface area contributed by atoms with Crippen molar-refractivity contribution < 1.29 is 29.0 Å². The number of carbonyl (C=O) groups is 3. The van der Waals surface area contributed by atoms with Gasteiger partial charge < -0.3 is 19.9 Å². The van der Waals surface area contributed by atoms with Gasteiger partial charge in [-0.05, 0) is 25.7 Å². The van der Waals surface area contributed by atoms with Gasteiger partial charge >= 0.3 is 18.3 Å². The highest BCUT2D eigenvalue weighted by atomic mass is 16.6. The van der Waals surface area contributed by atoms with Crippen LogP contribution in [0.5, 0.6) is 0 Å². The Labute approximate surface area is 227 Å². The van der Waals surface area contributed by atoms with Gasteiger partial charge in [-0.3, -0.25) is 0 Å². The summed E-state index contributed by atoms with van der Waals surface area (Å²) in [7, 11) is 0. The first kappa shape index (κ1) is 37.2. The van der Waals surface area contributed by atoms with Crippen molar-refractivity contribution in [2.75, 3.05) is 26.3 Å². The number of ether oxygens (including phenoxy) is 2. The number of unbranched alkanes of at least 4 members (excludes halogenated alkanes) is 14. The number of rotatable bonds is 22. The lowest BCUT2D eigenvalue weighted by molar-refractivity contribution is 0.0924. The molecular formula is C29H58N2O6. The van der Waals surface area contributed by atoms with Crippen LogP contribution in [0.15, 0.2) is 0 Å². The molecule has 0 saturated heterocycles. The molecular weight excluding hydrogens is 472 g/mol. The summed E-state index contributed by atoms with van der Waals surface area (Å²) in [5.74, 6) is 0. The van der Waals surface area contributed by atoms with Crippen LogP contribution < -0.4 is 5.32 Å². The number of carboxylic acid groups (broad SMARTS) is 1. The lowest BCUT2D eigenvalue weighted by atomic mass is 10.2. The van der Waals surface area contributed by atoms with Crippen LogP contribution in [-0.2, 0) is 9.47 Å². The molecule has 0 saturated carbocycles. The molecule has 0 fully saturated rings. The van der Waals surface area contributed by atoms with E-state index in [2.05, 4.69) is 33.0 Å². The summed E-state index contributed by atoms with van der Waals surface area (Å²) in [6.07, 6.45) is 17.5. The van der Waals surface area contributed by atoms with Gasteiger partial charge in [0, 0.05) is 13.1 Å². The Bertz CT molecular complexity index is 531. The molecule has 0 bridgehead atoms. The van der Waals surface area contributed by atoms with E-state index in [4.69, 9.17) is 14.6 Å². The van der Waals surface area contributed by atoms with E-state index in [1.807, 2.05) is 0 Å². The third-order valence-corrected chi connectivity index (χ3v) is 5.94. The number of nitrogens with zero attached hydrogens (tertiary/aromatic N) is 1. The normalized spacial score (nSPS) is 10.3. The van der Waals surface area contributed by atoms with E-state index in [1.54, 1.807) is 0 Å². The smallest absolute Gasteiger partial charge is 0.419 e. The fourth-order valence-corrected chi connectivity index (χ4v) is 3.57. The van der Waals surface area contributed by atoms with E-state index in [0.717, 1.165) is 69.2 Å². The fraction of sp³-hybridized carbons (Fsp3) is 0.897. The Morgan fingerprint density at radius 2 is 1.03 bits per heavy atom. The molecule has 8 heteroatoms. The van der Waals surface area contributed by atoms with Gasteiger partial charge in [-0.15, -0.1) is 0 Å². The van der Waals surface area contributed by atoms with Gasteiger partial charge in [-0.1, -0.05) is 118 Å². The van der Waals surface area contributed by atoms with Gasteiger partial charge in [0.15, 0.2) is 0 Å². The zero-order valence-corrected chi connectivity index (χ0v) is 24.5. The first-order valence-electron chi connectivity index (χ1n) is 15.0. The molecule has 0 aromatic rings. The minimum absolute atomic E-state index is 0.226. The maximum absolute atomic E-state index is 11.7. The van der Waals surface area contributed by atoms with Gasteiger partial charge in [-0.2, -0.15) is 0 Å². The van der Waals surface area contributed by atoms with Gasteiger partial charge in [0.2, 0.25) is 0 Å². The van der Waals surface area contributed by atoms with Crippen molar-refractivity contribution in [3.8, 4) is 0 Å². The molecule has 0 aliphatic rings. The standard InChI is InChI=1S/C15H29NO4.C14H29NO2/c1-3-5-7-9-11-13-20-15(19)16(14(17)18)12-10-8-6-4-2;1-3-5-7-9-11-13-17-14(16)15-12-10-8-6-4-2/h3-13H2,1-2H3,(H,17,18);3-13H2,1-2H3,(H,15,16). The van der Waals surface area contributed by atoms with E-state index in [9.17, 15) is 14.4 Å². The number of hydrogen-bond donors (Lipinski definition) is 2. The summed E-state index contributed by atoms with van der Waals surface area (Å²) in [6.45, 7) is 10.4. The van der Waals surface area contributed by atoms with Crippen LogP contribution in [-0.4, -0.2) is 54.6 Å². The van der Waals surface area contributed by atoms with Crippen molar-refractivity contribution in [1.29, 1.82) is 0 Å². The Morgan fingerprint density at radius 1 is 0.595 bits per heavy atom. The van der Waals surface area contributed by atoms with E-state index >= 15 is 0 Å². The van der Waals surface area contributed by atoms with Crippen molar-refractivity contribution in [3.05, 3.63) is 0 Å². The Kier molecular flexibility index (Phi) is 30.4. The average molecular weight is 531 g/mol. The number of imide groups is 1. The van der Waals surface area contributed by atoms with Crippen molar-refractivity contribution in [2.24, 2.45) is 0 Å². The van der Waals surface area contributed by atoms with E-state index in [-0.39, 0.29) is 12.6 Å². The van der Waals surface area contributed by atoms with E-state index in [0.29, 0.717) is 19.6 Å². The second-order valence-corrected chi connectivity index (χ2v) is 9.56. The molecule has 0 atom stereocenters. The van der Waals surface area contributed by atoms with Gasteiger partial charge in [0.25, 0.3) is 0 Å². The van der Waals surface area contributed by atoms with Crippen LogP contribution in [0.25, 0.3) is 0 Å². The number of alkyl carbamates (subject to hydrolysis) is 1. The number of hydrogen-bond acceptors (Lipinski definition) is 5. The zero-order valence-electron chi connectivity index (χ0n) is 24.5. The third kappa shape index (κ3) is 28.4. The van der Waals surface area contributed by atoms with Crippen LogP contribution >= 0.6 is 0 Å². The molecule has 0 heterocycles. The van der Waals surface area contributed by atoms with Crippen LogP contribution in [0.2, 0.25) is 0 Å². The van der Waals surface area contributed by atoms with Crippen molar-refractivity contribution in [2.45, 2.75) is 143 Å². The number of amides is 3. The third-order valence-electron chi connectivity index (χ3n) is 5.94. The number of carbonyl (C=O) groups excluding carboxylic acids is 2. The molecule has 0 rings (SSSR count). The summed E-state index contributed by atoms with van der Waals surface area (Å²) in [6, 6.07) is 0. The molecule has 3 amide bonds. The topological polar surface area (TPSA) is 105 Å². The quantitative estimate of drug-likeness (QED) is 0.135. The van der Waals surface area contributed by atoms with Crippen molar-refractivity contribution in [3.63, 3.8) is 0 Å². The largest absolute Gasteiger partial charge is 0.465 e. The van der Waals surface area contributed by atoms with Gasteiger partial charge in [0.1, 0.15) is 0 Å². The fourth-order valence-electron chi connectivity index (χ4n) is 3.57. The summed E-state index contributed by atoms with van der Waals surface area (Å²) >= 11 is 0. The van der Waals surface area contributed by atoms with Crippen molar-refractivity contribution in [1.82, 2.24) is 10.2 Å². The van der Waals surface area contributed by atoms with Gasteiger partial charge in [0.05, 0.1) is 13.2 Å². The molecule has 8 nitrogen and oxygen atoms in total. The van der Waals surface area contributed by atoms with Crippen LogP contribution in [0.1, 0.15) is 143 Å².